The summed E-state index contributed by atoms with van der Waals surface area (Å²) < 4.78 is 1.73. The Morgan fingerprint density at radius 1 is 1.12 bits per heavy atom. The molecular formula is C24H32N4O2S2. The number of fused-ring (bicyclic) bond motifs is 1. The molecular weight excluding hydrogens is 440 g/mol. The van der Waals surface area contributed by atoms with Crippen molar-refractivity contribution in [3.63, 3.8) is 0 Å². The second-order valence-corrected chi connectivity index (χ2v) is 10.7. The van der Waals surface area contributed by atoms with E-state index in [0.717, 1.165) is 11.4 Å². The monoisotopic (exact) mass is 472 g/mol. The number of carbonyl (C=O) groups is 1. The van der Waals surface area contributed by atoms with Crippen LogP contribution < -0.4 is 10.9 Å². The molecule has 8 heteroatoms. The third-order valence-electron chi connectivity index (χ3n) is 5.40. The van der Waals surface area contributed by atoms with Crippen LogP contribution in [0.2, 0.25) is 0 Å². The van der Waals surface area contributed by atoms with Crippen molar-refractivity contribution in [2.75, 3.05) is 6.54 Å². The minimum absolute atomic E-state index is 0.0586. The molecule has 2 aromatic heterocycles. The maximum Gasteiger partial charge on any atom is 0.262 e. The number of nitrogens with one attached hydrogen (secondary N) is 1. The second kappa shape index (κ2) is 11.1. The number of para-hydroxylation sites is 1. The fraction of sp³-hybridized carbons (Fsp3) is 0.458. The number of rotatable bonds is 10. The Kier molecular flexibility index (Phi) is 8.51. The summed E-state index contributed by atoms with van der Waals surface area (Å²) in [6.45, 7) is 12.3. The Balaban J connectivity index is 1.84. The van der Waals surface area contributed by atoms with Gasteiger partial charge in [-0.2, -0.15) is 0 Å². The van der Waals surface area contributed by atoms with Gasteiger partial charge < -0.3 is 5.32 Å². The van der Waals surface area contributed by atoms with Gasteiger partial charge in [-0.3, -0.25) is 19.1 Å². The standard InChI is InChI=1S/C24H32N4O2S2/c1-16(2)27(17(3)4)12-13-28-23(30)20-10-6-7-11-21(20)26-24(28)32-18(5)22(29)25-15-19-9-8-14-31-19/h6-11,14,16-18H,12-13,15H2,1-5H3,(H,25,29). The van der Waals surface area contributed by atoms with Gasteiger partial charge in [-0.1, -0.05) is 30.0 Å². The maximum atomic E-state index is 13.3. The lowest BCUT2D eigenvalue weighted by Gasteiger charge is -2.31. The molecule has 1 unspecified atom stereocenters. The first-order valence-corrected chi connectivity index (χ1v) is 12.8. The zero-order valence-electron chi connectivity index (χ0n) is 19.4. The van der Waals surface area contributed by atoms with Crippen molar-refractivity contribution in [2.45, 2.75) is 70.2 Å². The van der Waals surface area contributed by atoms with Gasteiger partial charge in [0.25, 0.3) is 5.56 Å². The molecule has 0 spiro atoms. The molecule has 3 rings (SSSR count). The molecule has 0 aliphatic rings. The Labute approximate surface area is 198 Å². The van der Waals surface area contributed by atoms with Crippen LogP contribution in [-0.4, -0.2) is 44.2 Å². The molecule has 1 amide bonds. The fourth-order valence-corrected chi connectivity index (χ4v) is 5.31. The van der Waals surface area contributed by atoms with Crippen LogP contribution in [-0.2, 0) is 17.9 Å². The third-order valence-corrected chi connectivity index (χ3v) is 7.37. The molecule has 0 aliphatic heterocycles. The highest BCUT2D eigenvalue weighted by molar-refractivity contribution is 8.00. The largest absolute Gasteiger partial charge is 0.350 e. The summed E-state index contributed by atoms with van der Waals surface area (Å²) in [4.78, 5) is 34.3. The fourth-order valence-electron chi connectivity index (χ4n) is 3.71. The van der Waals surface area contributed by atoms with Crippen LogP contribution in [0.25, 0.3) is 10.9 Å². The van der Waals surface area contributed by atoms with Crippen molar-refractivity contribution in [3.05, 3.63) is 57.0 Å². The minimum atomic E-state index is -0.374. The smallest absolute Gasteiger partial charge is 0.262 e. The number of aromatic nitrogens is 2. The Morgan fingerprint density at radius 2 is 1.84 bits per heavy atom. The lowest BCUT2D eigenvalue weighted by Crippen LogP contribution is -2.40. The average molecular weight is 473 g/mol. The van der Waals surface area contributed by atoms with Crippen molar-refractivity contribution in [3.8, 4) is 0 Å². The average Bonchev–Trinajstić information content (AvgIpc) is 3.27. The van der Waals surface area contributed by atoms with Gasteiger partial charge in [-0.25, -0.2) is 4.98 Å². The zero-order valence-corrected chi connectivity index (χ0v) is 21.0. The van der Waals surface area contributed by atoms with E-state index in [9.17, 15) is 9.59 Å². The first-order valence-electron chi connectivity index (χ1n) is 11.0. The third kappa shape index (κ3) is 5.99. The molecule has 6 nitrogen and oxygen atoms in total. The van der Waals surface area contributed by atoms with Crippen LogP contribution in [0.15, 0.2) is 51.7 Å². The van der Waals surface area contributed by atoms with Crippen molar-refractivity contribution >= 4 is 39.9 Å². The molecule has 0 saturated carbocycles. The van der Waals surface area contributed by atoms with Crippen molar-refractivity contribution < 1.29 is 4.79 Å². The first kappa shape index (κ1) is 24.5. The van der Waals surface area contributed by atoms with E-state index in [4.69, 9.17) is 4.98 Å². The molecule has 1 N–H and O–H groups in total. The predicted octanol–water partition coefficient (Wildman–Crippen LogP) is 4.37. The molecule has 3 aromatic rings. The molecule has 1 aromatic carbocycles. The van der Waals surface area contributed by atoms with Gasteiger partial charge in [-0.05, 0) is 58.2 Å². The molecule has 32 heavy (non-hydrogen) atoms. The SMILES string of the molecule is CC(Sc1nc2ccccc2c(=O)n1CCN(C(C)C)C(C)C)C(=O)NCc1cccs1. The predicted molar refractivity (Wildman–Crippen MR) is 134 cm³/mol. The number of hydrogen-bond acceptors (Lipinski definition) is 6. The van der Waals surface area contributed by atoms with Crippen LogP contribution in [0.3, 0.4) is 0 Å². The van der Waals surface area contributed by atoms with Gasteiger partial charge in [0.2, 0.25) is 5.91 Å². The summed E-state index contributed by atoms with van der Waals surface area (Å²) in [6.07, 6.45) is 0. The number of carbonyl (C=O) groups excluding carboxylic acids is 1. The number of thiophene rings is 1. The Hall–Kier alpha value is -2.16. The van der Waals surface area contributed by atoms with Crippen LogP contribution in [0.1, 0.15) is 39.5 Å². The molecule has 0 fully saturated rings. The highest BCUT2D eigenvalue weighted by Gasteiger charge is 2.21. The molecule has 0 aliphatic carbocycles. The molecule has 1 atom stereocenters. The zero-order chi connectivity index (χ0) is 23.3. The molecule has 172 valence electrons. The summed E-state index contributed by atoms with van der Waals surface area (Å²) in [5.74, 6) is -0.0663. The highest BCUT2D eigenvalue weighted by Crippen LogP contribution is 2.23. The van der Waals surface area contributed by atoms with Gasteiger partial charge >= 0.3 is 0 Å². The van der Waals surface area contributed by atoms with Crippen LogP contribution in [0.5, 0.6) is 0 Å². The van der Waals surface area contributed by atoms with Crippen LogP contribution in [0, 0.1) is 0 Å². The number of hydrogen-bond donors (Lipinski definition) is 1. The molecule has 0 bridgehead atoms. The number of nitrogens with zero attached hydrogens (tertiary/aromatic N) is 3. The van der Waals surface area contributed by atoms with Crippen LogP contribution >= 0.6 is 23.1 Å². The van der Waals surface area contributed by atoms with E-state index in [-0.39, 0.29) is 16.7 Å². The maximum absolute atomic E-state index is 13.3. The lowest BCUT2D eigenvalue weighted by molar-refractivity contribution is -0.120. The van der Waals surface area contributed by atoms with Crippen LogP contribution in [0.4, 0.5) is 0 Å². The Bertz CT molecular complexity index is 1090. The quantitative estimate of drug-likeness (QED) is 0.350. The molecule has 0 saturated heterocycles. The first-order chi connectivity index (χ1) is 15.3. The summed E-state index contributed by atoms with van der Waals surface area (Å²) in [5, 5.41) is 5.79. The summed E-state index contributed by atoms with van der Waals surface area (Å²) in [7, 11) is 0. The summed E-state index contributed by atoms with van der Waals surface area (Å²) in [5.41, 5.74) is 0.601. The van der Waals surface area contributed by atoms with Gasteiger partial charge in [0.15, 0.2) is 5.16 Å². The van der Waals surface area contributed by atoms with E-state index < -0.39 is 0 Å². The second-order valence-electron chi connectivity index (χ2n) is 8.35. The van der Waals surface area contributed by atoms with E-state index in [0.29, 0.717) is 41.2 Å². The molecule has 0 radical (unpaired) electrons. The number of thioether (sulfide) groups is 1. The van der Waals surface area contributed by atoms with E-state index in [2.05, 4.69) is 37.9 Å². The van der Waals surface area contributed by atoms with Gasteiger partial charge in [0, 0.05) is 30.1 Å². The Morgan fingerprint density at radius 3 is 2.50 bits per heavy atom. The lowest BCUT2D eigenvalue weighted by atomic mass is 10.2. The van der Waals surface area contributed by atoms with Gasteiger partial charge in [0.1, 0.15) is 0 Å². The van der Waals surface area contributed by atoms with E-state index in [1.54, 1.807) is 15.9 Å². The topological polar surface area (TPSA) is 67.2 Å². The summed E-state index contributed by atoms with van der Waals surface area (Å²) in [6, 6.07) is 12.1. The van der Waals surface area contributed by atoms with E-state index >= 15 is 0 Å². The molecule has 2 heterocycles. The van der Waals surface area contributed by atoms with E-state index in [1.165, 1.54) is 11.8 Å². The minimum Gasteiger partial charge on any atom is -0.350 e. The normalized spacial score (nSPS) is 12.8. The van der Waals surface area contributed by atoms with E-state index in [1.807, 2.05) is 48.7 Å². The number of amides is 1. The van der Waals surface area contributed by atoms with Gasteiger partial charge in [-0.15, -0.1) is 11.3 Å². The highest BCUT2D eigenvalue weighted by atomic mass is 32.2. The van der Waals surface area contributed by atoms with Gasteiger partial charge in [0.05, 0.1) is 22.7 Å². The number of benzene rings is 1. The van der Waals surface area contributed by atoms with Crippen molar-refractivity contribution in [1.82, 2.24) is 19.8 Å². The summed E-state index contributed by atoms with van der Waals surface area (Å²) >= 11 is 2.95. The van der Waals surface area contributed by atoms with Crippen molar-refractivity contribution in [2.24, 2.45) is 0 Å². The van der Waals surface area contributed by atoms with Crippen molar-refractivity contribution in [1.29, 1.82) is 0 Å².